The Bertz CT molecular complexity index is 682. The van der Waals surface area contributed by atoms with Gasteiger partial charge in [-0.05, 0) is 24.3 Å². The minimum atomic E-state index is -1.26. The number of amides is 1. The van der Waals surface area contributed by atoms with E-state index in [0.717, 1.165) is 18.4 Å². The van der Waals surface area contributed by atoms with E-state index in [4.69, 9.17) is 0 Å². The largest absolute Gasteiger partial charge is 0.347 e. The minimum Gasteiger partial charge on any atom is -0.347 e. The van der Waals surface area contributed by atoms with E-state index in [0.29, 0.717) is 11.1 Å². The van der Waals surface area contributed by atoms with Gasteiger partial charge in [0, 0.05) is 6.26 Å². The van der Waals surface area contributed by atoms with Gasteiger partial charge in [0.25, 0.3) is 0 Å². The molecule has 1 saturated carbocycles. The average molecular weight is 318 g/mol. The number of carbonyl (C=O) groups excluding carboxylic acids is 1. The molecule has 1 aromatic carbocycles. The lowest BCUT2D eigenvalue weighted by molar-refractivity contribution is -0.122. The maximum absolute atomic E-state index is 12.3. The predicted molar refractivity (Wildman–Crippen MR) is 82.4 cm³/mol. The maximum Gasteiger partial charge on any atom is 0.240 e. The number of nitrogens with one attached hydrogen (secondary N) is 1. The van der Waals surface area contributed by atoms with Crippen LogP contribution in [0.15, 0.2) is 41.8 Å². The molecule has 0 radical (unpaired) electrons. The molecule has 1 fully saturated rings. The Morgan fingerprint density at radius 3 is 2.77 bits per heavy atom. The lowest BCUT2D eigenvalue weighted by atomic mass is 10.0. The van der Waals surface area contributed by atoms with Crippen LogP contribution in [-0.4, -0.2) is 31.1 Å². The summed E-state index contributed by atoms with van der Waals surface area (Å²) in [4.78, 5) is 12.3. The van der Waals surface area contributed by atoms with Crippen LogP contribution >= 0.6 is 0 Å². The highest BCUT2D eigenvalue weighted by Crippen LogP contribution is 2.40. The zero-order valence-electron chi connectivity index (χ0n) is 12.3. The number of hydrogen-bond donors (Lipinski definition) is 1. The van der Waals surface area contributed by atoms with Crippen LogP contribution in [0, 0.1) is 5.92 Å². The van der Waals surface area contributed by atoms with Gasteiger partial charge in [-0.25, -0.2) is 0 Å². The van der Waals surface area contributed by atoms with E-state index in [2.05, 4.69) is 15.5 Å². The maximum atomic E-state index is 12.3. The lowest BCUT2D eigenvalue weighted by Crippen LogP contribution is -2.33. The van der Waals surface area contributed by atoms with Crippen LogP contribution in [0.5, 0.6) is 0 Å². The molecule has 116 valence electrons. The van der Waals surface area contributed by atoms with Crippen molar-refractivity contribution in [2.24, 2.45) is 5.92 Å². The normalized spacial score (nSPS) is 17.0. The standard InChI is InChI=1S/C15H18N4O2S/c1-22(21)15-18-16-10-19(15)9-13(20)17-14(12-7-8-12)11-5-3-2-4-6-11/h2-6,10,12,14H,7-9H2,1H3,(H,17,20)/t14-,22+/m1/s1. The number of carbonyl (C=O) groups is 1. The number of benzene rings is 1. The van der Waals surface area contributed by atoms with Crippen LogP contribution in [0.3, 0.4) is 0 Å². The quantitative estimate of drug-likeness (QED) is 0.870. The molecule has 0 spiro atoms. The van der Waals surface area contributed by atoms with Gasteiger partial charge in [0.15, 0.2) is 0 Å². The average Bonchev–Trinajstić information content (AvgIpc) is 3.24. The van der Waals surface area contributed by atoms with Crippen LogP contribution in [0.2, 0.25) is 0 Å². The Balaban J connectivity index is 1.69. The molecule has 1 N–H and O–H groups in total. The summed E-state index contributed by atoms with van der Waals surface area (Å²) in [5.41, 5.74) is 1.13. The third-order valence-electron chi connectivity index (χ3n) is 3.72. The zero-order valence-corrected chi connectivity index (χ0v) is 13.1. The zero-order chi connectivity index (χ0) is 15.5. The van der Waals surface area contributed by atoms with Crippen LogP contribution in [0.25, 0.3) is 0 Å². The molecule has 1 amide bonds. The van der Waals surface area contributed by atoms with E-state index in [9.17, 15) is 9.00 Å². The van der Waals surface area contributed by atoms with Gasteiger partial charge in [-0.2, -0.15) is 0 Å². The van der Waals surface area contributed by atoms with Crippen molar-refractivity contribution in [3.63, 3.8) is 0 Å². The van der Waals surface area contributed by atoms with E-state index < -0.39 is 10.8 Å². The molecule has 6 nitrogen and oxygen atoms in total. The van der Waals surface area contributed by atoms with Gasteiger partial charge in [-0.15, -0.1) is 10.2 Å². The van der Waals surface area contributed by atoms with E-state index in [1.165, 1.54) is 17.2 Å². The summed E-state index contributed by atoms with van der Waals surface area (Å²) in [6.45, 7) is 0.0813. The van der Waals surface area contributed by atoms with Crippen molar-refractivity contribution in [3.05, 3.63) is 42.2 Å². The van der Waals surface area contributed by atoms with Crippen molar-refractivity contribution in [2.45, 2.75) is 30.6 Å². The molecule has 1 heterocycles. The van der Waals surface area contributed by atoms with Gasteiger partial charge >= 0.3 is 0 Å². The minimum absolute atomic E-state index is 0.0424. The van der Waals surface area contributed by atoms with Gasteiger partial charge in [0.2, 0.25) is 11.1 Å². The molecule has 2 atom stereocenters. The fourth-order valence-electron chi connectivity index (χ4n) is 2.51. The summed E-state index contributed by atoms with van der Waals surface area (Å²) in [6.07, 6.45) is 5.23. The Labute approximate surface area is 131 Å². The van der Waals surface area contributed by atoms with Crippen LogP contribution < -0.4 is 5.32 Å². The molecule has 0 unspecified atom stereocenters. The predicted octanol–water partition coefficient (Wildman–Crippen LogP) is 1.28. The monoisotopic (exact) mass is 318 g/mol. The number of rotatable bonds is 6. The molecule has 2 aromatic rings. The first-order valence-electron chi connectivity index (χ1n) is 7.20. The molecular formula is C15H18N4O2S. The number of nitrogens with zero attached hydrogens (tertiary/aromatic N) is 3. The summed E-state index contributed by atoms with van der Waals surface area (Å²) >= 11 is 0. The third-order valence-corrected chi connectivity index (χ3v) is 4.55. The van der Waals surface area contributed by atoms with Crippen molar-refractivity contribution in [2.75, 3.05) is 6.26 Å². The molecule has 0 saturated heterocycles. The summed E-state index contributed by atoms with van der Waals surface area (Å²) in [6, 6.07) is 10.0. The molecule has 0 bridgehead atoms. The Hall–Kier alpha value is -2.02. The summed E-state index contributed by atoms with van der Waals surface area (Å²) in [7, 11) is -1.26. The third kappa shape index (κ3) is 3.41. The van der Waals surface area contributed by atoms with Crippen molar-refractivity contribution in [1.82, 2.24) is 20.1 Å². The van der Waals surface area contributed by atoms with E-state index >= 15 is 0 Å². The molecule has 22 heavy (non-hydrogen) atoms. The molecular weight excluding hydrogens is 300 g/mol. The molecule has 1 aromatic heterocycles. The first-order valence-corrected chi connectivity index (χ1v) is 8.76. The highest BCUT2D eigenvalue weighted by atomic mass is 32.2. The highest BCUT2D eigenvalue weighted by Gasteiger charge is 2.33. The molecule has 1 aliphatic carbocycles. The van der Waals surface area contributed by atoms with Gasteiger partial charge in [0.1, 0.15) is 12.9 Å². The van der Waals surface area contributed by atoms with Crippen molar-refractivity contribution in [3.8, 4) is 0 Å². The molecule has 0 aliphatic heterocycles. The second kappa shape index (κ2) is 6.39. The van der Waals surface area contributed by atoms with Crippen molar-refractivity contribution < 1.29 is 9.00 Å². The summed E-state index contributed by atoms with van der Waals surface area (Å²) in [5.74, 6) is 0.388. The second-order valence-corrected chi connectivity index (χ2v) is 6.76. The van der Waals surface area contributed by atoms with Gasteiger partial charge in [0.05, 0.1) is 16.8 Å². The van der Waals surface area contributed by atoms with Crippen LogP contribution in [0.4, 0.5) is 0 Å². The summed E-state index contributed by atoms with van der Waals surface area (Å²) in [5, 5.41) is 10.9. The second-order valence-electron chi connectivity index (χ2n) is 5.49. The SMILES string of the molecule is C[S@](=O)c1nncn1CC(=O)N[C@H](c1ccccc1)C1CC1. The highest BCUT2D eigenvalue weighted by molar-refractivity contribution is 7.84. The Kier molecular flexibility index (Phi) is 4.33. The number of aromatic nitrogens is 3. The Morgan fingerprint density at radius 1 is 1.41 bits per heavy atom. The van der Waals surface area contributed by atoms with Gasteiger partial charge in [-0.3, -0.25) is 13.6 Å². The fourth-order valence-corrected chi connectivity index (χ4v) is 3.12. The van der Waals surface area contributed by atoms with E-state index in [1.54, 1.807) is 0 Å². The van der Waals surface area contributed by atoms with Gasteiger partial charge in [-0.1, -0.05) is 30.3 Å². The lowest BCUT2D eigenvalue weighted by Gasteiger charge is -2.19. The van der Waals surface area contributed by atoms with Crippen LogP contribution in [-0.2, 0) is 22.1 Å². The Morgan fingerprint density at radius 2 is 2.14 bits per heavy atom. The smallest absolute Gasteiger partial charge is 0.240 e. The van der Waals surface area contributed by atoms with Crippen molar-refractivity contribution >= 4 is 16.7 Å². The van der Waals surface area contributed by atoms with Gasteiger partial charge < -0.3 is 5.32 Å². The summed E-state index contributed by atoms with van der Waals surface area (Å²) < 4.78 is 13.1. The molecule has 3 rings (SSSR count). The topological polar surface area (TPSA) is 76.9 Å². The molecule has 7 heteroatoms. The van der Waals surface area contributed by atoms with E-state index in [1.807, 2.05) is 30.3 Å². The number of hydrogen-bond acceptors (Lipinski definition) is 4. The fraction of sp³-hybridized carbons (Fsp3) is 0.400. The first kappa shape index (κ1) is 14.9. The van der Waals surface area contributed by atoms with Crippen molar-refractivity contribution in [1.29, 1.82) is 0 Å². The first-order chi connectivity index (χ1) is 10.6. The van der Waals surface area contributed by atoms with Crippen LogP contribution in [0.1, 0.15) is 24.4 Å². The van der Waals surface area contributed by atoms with E-state index in [-0.39, 0.29) is 18.5 Å². The molecule has 1 aliphatic rings.